The molecule has 0 aliphatic rings. The number of hydrogen-bond donors (Lipinski definition) is 0. The second kappa shape index (κ2) is 4.14. The van der Waals surface area contributed by atoms with Crippen molar-refractivity contribution in [2.75, 3.05) is 0 Å². The lowest BCUT2D eigenvalue weighted by atomic mass is 10.2. The van der Waals surface area contributed by atoms with Crippen LogP contribution in [0.2, 0.25) is 0 Å². The molecule has 2 aromatic heterocycles. The predicted octanol–water partition coefficient (Wildman–Crippen LogP) is 3.83. The maximum Gasteiger partial charge on any atom is 0.417 e. The molecular weight excluding hydrogens is 301 g/mol. The van der Waals surface area contributed by atoms with Gasteiger partial charge in [-0.1, -0.05) is 0 Å². The smallest absolute Gasteiger partial charge is 0.417 e. The number of aromatic nitrogens is 2. The summed E-state index contributed by atoms with van der Waals surface area (Å²) >= 11 is 3.12. The van der Waals surface area contributed by atoms with E-state index in [4.69, 9.17) is 4.42 Å². The molecule has 0 radical (unpaired) electrons. The highest BCUT2D eigenvalue weighted by molar-refractivity contribution is 9.10. The Hall–Kier alpha value is -1.37. The van der Waals surface area contributed by atoms with Gasteiger partial charge in [0.2, 0.25) is 0 Å². The second-order valence-electron chi connectivity index (χ2n) is 3.29. The summed E-state index contributed by atoms with van der Waals surface area (Å²) in [5.41, 5.74) is -0.0875. The van der Waals surface area contributed by atoms with Crippen LogP contribution in [0.3, 0.4) is 0 Å². The quantitative estimate of drug-likeness (QED) is 0.804. The summed E-state index contributed by atoms with van der Waals surface area (Å²) in [4.78, 5) is 7.73. The topological polar surface area (TPSA) is 38.9 Å². The third kappa shape index (κ3) is 2.49. The van der Waals surface area contributed by atoms with Gasteiger partial charge in [-0.05, 0) is 28.1 Å². The first-order valence-corrected chi connectivity index (χ1v) is 5.34. The summed E-state index contributed by atoms with van der Waals surface area (Å²) in [6.45, 7) is 1.64. The van der Waals surface area contributed by atoms with E-state index in [1.807, 2.05) is 0 Å². The van der Waals surface area contributed by atoms with Gasteiger partial charge in [0, 0.05) is 13.1 Å². The van der Waals surface area contributed by atoms with Gasteiger partial charge >= 0.3 is 6.18 Å². The van der Waals surface area contributed by atoms with Gasteiger partial charge in [-0.3, -0.25) is 4.98 Å². The predicted molar refractivity (Wildman–Crippen MR) is 57.2 cm³/mol. The van der Waals surface area contributed by atoms with Gasteiger partial charge in [0.05, 0.1) is 11.3 Å². The molecule has 0 aromatic carbocycles. The van der Waals surface area contributed by atoms with Gasteiger partial charge in [0.1, 0.15) is 5.69 Å². The van der Waals surface area contributed by atoms with Crippen LogP contribution in [0.25, 0.3) is 11.4 Å². The number of halogens is 4. The third-order valence-electron chi connectivity index (χ3n) is 2.03. The SMILES string of the molecule is Cc1nc(-c2ccc(C(F)(F)F)cn2)c(Br)o1. The summed E-state index contributed by atoms with van der Waals surface area (Å²) in [6.07, 6.45) is -3.62. The Morgan fingerprint density at radius 1 is 1.29 bits per heavy atom. The van der Waals surface area contributed by atoms with Crippen LogP contribution in [0.4, 0.5) is 13.2 Å². The molecule has 0 aliphatic carbocycles. The summed E-state index contributed by atoms with van der Waals surface area (Å²) in [7, 11) is 0. The number of nitrogens with zero attached hydrogens (tertiary/aromatic N) is 2. The van der Waals surface area contributed by atoms with Gasteiger partial charge < -0.3 is 4.42 Å². The second-order valence-corrected chi connectivity index (χ2v) is 4.01. The van der Waals surface area contributed by atoms with Crippen molar-refractivity contribution in [1.29, 1.82) is 0 Å². The Morgan fingerprint density at radius 3 is 2.41 bits per heavy atom. The number of pyridine rings is 1. The number of rotatable bonds is 1. The van der Waals surface area contributed by atoms with Crippen molar-refractivity contribution < 1.29 is 17.6 Å². The molecule has 0 fully saturated rings. The van der Waals surface area contributed by atoms with Crippen LogP contribution in [-0.4, -0.2) is 9.97 Å². The van der Waals surface area contributed by atoms with Crippen molar-refractivity contribution in [3.8, 4) is 11.4 Å². The van der Waals surface area contributed by atoms with E-state index in [-0.39, 0.29) is 0 Å². The first-order valence-electron chi connectivity index (χ1n) is 4.54. The van der Waals surface area contributed by atoms with Gasteiger partial charge in [0.25, 0.3) is 0 Å². The Morgan fingerprint density at radius 2 is 2.00 bits per heavy atom. The molecule has 3 nitrogen and oxygen atoms in total. The van der Waals surface area contributed by atoms with Gasteiger partial charge in [-0.2, -0.15) is 13.2 Å². The molecule has 2 rings (SSSR count). The van der Waals surface area contributed by atoms with Crippen LogP contribution >= 0.6 is 15.9 Å². The molecular formula is C10H6BrF3N2O. The van der Waals surface area contributed by atoms with E-state index in [2.05, 4.69) is 25.9 Å². The van der Waals surface area contributed by atoms with Crippen LogP contribution in [0.15, 0.2) is 27.4 Å². The largest absolute Gasteiger partial charge is 0.434 e. The number of oxazole rings is 1. The first-order chi connectivity index (χ1) is 7.88. The zero-order chi connectivity index (χ0) is 12.6. The Bertz CT molecular complexity index is 533. The molecule has 0 atom stereocenters. The number of alkyl halides is 3. The molecule has 0 saturated heterocycles. The van der Waals surface area contributed by atoms with Crippen LogP contribution in [0.5, 0.6) is 0 Å². The summed E-state index contributed by atoms with van der Waals surface area (Å²) in [6, 6.07) is 2.21. The fourth-order valence-corrected chi connectivity index (χ4v) is 1.79. The first kappa shape index (κ1) is 12.1. The zero-order valence-corrected chi connectivity index (χ0v) is 10.1. The van der Waals surface area contributed by atoms with Crippen molar-refractivity contribution in [1.82, 2.24) is 9.97 Å². The fraction of sp³-hybridized carbons (Fsp3) is 0.200. The molecule has 0 bridgehead atoms. The Labute approximate surface area is 103 Å². The van der Waals surface area contributed by atoms with E-state index < -0.39 is 11.7 Å². The molecule has 0 spiro atoms. The zero-order valence-electron chi connectivity index (χ0n) is 8.55. The highest BCUT2D eigenvalue weighted by Crippen LogP contribution is 2.31. The van der Waals surface area contributed by atoms with E-state index in [9.17, 15) is 13.2 Å². The molecule has 0 amide bonds. The monoisotopic (exact) mass is 306 g/mol. The van der Waals surface area contributed by atoms with E-state index in [0.717, 1.165) is 12.3 Å². The summed E-state index contributed by atoms with van der Waals surface area (Å²) < 4.78 is 42.4. The lowest BCUT2D eigenvalue weighted by molar-refractivity contribution is -0.137. The molecule has 17 heavy (non-hydrogen) atoms. The molecule has 2 heterocycles. The van der Waals surface area contributed by atoms with Crippen LogP contribution in [0.1, 0.15) is 11.5 Å². The third-order valence-corrected chi connectivity index (χ3v) is 2.56. The van der Waals surface area contributed by atoms with Crippen molar-refractivity contribution in [2.45, 2.75) is 13.1 Å². The van der Waals surface area contributed by atoms with Crippen LogP contribution in [-0.2, 0) is 6.18 Å². The van der Waals surface area contributed by atoms with Crippen LogP contribution < -0.4 is 0 Å². The van der Waals surface area contributed by atoms with Gasteiger partial charge in [0.15, 0.2) is 10.6 Å². The molecule has 0 N–H and O–H groups in total. The summed E-state index contributed by atoms with van der Waals surface area (Å²) in [5.74, 6) is 0.411. The highest BCUT2D eigenvalue weighted by atomic mass is 79.9. The maximum atomic E-state index is 12.3. The molecule has 0 aliphatic heterocycles. The van der Waals surface area contributed by atoms with E-state index >= 15 is 0 Å². The van der Waals surface area contributed by atoms with Crippen LogP contribution in [0, 0.1) is 6.92 Å². The van der Waals surface area contributed by atoms with Gasteiger partial charge in [-0.15, -0.1) is 0 Å². The van der Waals surface area contributed by atoms with Crippen molar-refractivity contribution in [3.63, 3.8) is 0 Å². The van der Waals surface area contributed by atoms with E-state index in [1.165, 1.54) is 6.07 Å². The highest BCUT2D eigenvalue weighted by Gasteiger charge is 2.30. The summed E-state index contributed by atoms with van der Waals surface area (Å²) in [5, 5.41) is 0. The Balaban J connectivity index is 2.39. The van der Waals surface area contributed by atoms with Crippen molar-refractivity contribution in [3.05, 3.63) is 34.5 Å². The fourth-order valence-electron chi connectivity index (χ4n) is 1.26. The molecule has 90 valence electrons. The van der Waals surface area contributed by atoms with Crippen molar-refractivity contribution >= 4 is 15.9 Å². The minimum atomic E-state index is -4.39. The average molecular weight is 307 g/mol. The van der Waals surface area contributed by atoms with Crippen molar-refractivity contribution in [2.24, 2.45) is 0 Å². The molecule has 2 aromatic rings. The minimum absolute atomic E-state index is 0.321. The average Bonchev–Trinajstić information content (AvgIpc) is 2.57. The van der Waals surface area contributed by atoms with E-state index in [1.54, 1.807) is 6.92 Å². The lowest BCUT2D eigenvalue weighted by Crippen LogP contribution is -2.05. The minimum Gasteiger partial charge on any atom is -0.434 e. The number of aryl methyl sites for hydroxylation is 1. The van der Waals surface area contributed by atoms with Gasteiger partial charge in [-0.25, -0.2) is 4.98 Å². The molecule has 0 unspecified atom stereocenters. The molecule has 0 saturated carbocycles. The normalized spacial score (nSPS) is 11.8. The maximum absolute atomic E-state index is 12.3. The number of hydrogen-bond acceptors (Lipinski definition) is 3. The Kier molecular flexibility index (Phi) is 2.94. The standard InChI is InChI=1S/C10H6BrF3N2O/c1-5-16-8(9(11)17-5)7-3-2-6(4-15-7)10(12,13)14/h2-4H,1H3. The molecule has 7 heteroatoms. The lowest BCUT2D eigenvalue weighted by Gasteiger charge is -2.05. The van der Waals surface area contributed by atoms with E-state index in [0.29, 0.717) is 21.9 Å².